The van der Waals surface area contributed by atoms with Crippen molar-refractivity contribution in [2.75, 3.05) is 25.0 Å². The number of aromatic amines is 1. The molecule has 0 aliphatic carbocycles. The van der Waals surface area contributed by atoms with Gasteiger partial charge in [0.25, 0.3) is 5.56 Å². The van der Waals surface area contributed by atoms with Crippen molar-refractivity contribution in [1.82, 2.24) is 20.3 Å². The van der Waals surface area contributed by atoms with Crippen molar-refractivity contribution in [2.45, 2.75) is 26.3 Å². The number of hydrogen-bond acceptors (Lipinski definition) is 7. The second kappa shape index (κ2) is 10.5. The summed E-state index contributed by atoms with van der Waals surface area (Å²) in [5.41, 5.74) is 7.66. The summed E-state index contributed by atoms with van der Waals surface area (Å²) < 4.78 is 33.8. The first kappa shape index (κ1) is 23.5. The summed E-state index contributed by atoms with van der Waals surface area (Å²) in [7, 11) is 0. The van der Waals surface area contributed by atoms with E-state index in [0.29, 0.717) is 66.3 Å². The van der Waals surface area contributed by atoms with E-state index in [1.165, 1.54) is 18.3 Å². The first-order valence-corrected chi connectivity index (χ1v) is 11.0. The fraction of sp³-hybridized carbons (Fsp3) is 0.292. The van der Waals surface area contributed by atoms with Crippen LogP contribution in [-0.2, 0) is 13.0 Å². The van der Waals surface area contributed by atoms with Crippen molar-refractivity contribution in [2.24, 2.45) is 5.73 Å². The summed E-state index contributed by atoms with van der Waals surface area (Å²) in [6.07, 6.45) is 2.72. The standard InChI is InChI=1S/C24H26F2N6O2/c1-14-9-21-20(11-18(14)25)31-22(34-21)5-8-29-24-30-13-17(23(33)32-24)15-3-4-16(19(26)10-15)12-28-7-2-6-27/h3-4,9-11,13,28H,2,5-8,12,27H2,1H3,(H2,29,30,32,33). The van der Waals surface area contributed by atoms with Gasteiger partial charge in [-0.2, -0.15) is 4.98 Å². The minimum atomic E-state index is -0.484. The molecule has 0 aliphatic rings. The third-order valence-corrected chi connectivity index (χ3v) is 5.38. The van der Waals surface area contributed by atoms with Crippen molar-refractivity contribution in [3.8, 4) is 11.1 Å². The molecular weight excluding hydrogens is 442 g/mol. The molecule has 2 aromatic carbocycles. The summed E-state index contributed by atoms with van der Waals surface area (Å²) >= 11 is 0. The van der Waals surface area contributed by atoms with Crippen molar-refractivity contribution >= 4 is 17.0 Å². The van der Waals surface area contributed by atoms with Gasteiger partial charge in [0.15, 0.2) is 11.5 Å². The second-order valence-corrected chi connectivity index (χ2v) is 7.95. The molecule has 10 heteroatoms. The highest BCUT2D eigenvalue weighted by Crippen LogP contribution is 2.21. The quantitative estimate of drug-likeness (QED) is 0.264. The zero-order chi connectivity index (χ0) is 24.1. The molecule has 0 radical (unpaired) electrons. The zero-order valence-electron chi connectivity index (χ0n) is 18.8. The Morgan fingerprint density at radius 1 is 1.12 bits per heavy atom. The Bertz CT molecular complexity index is 1310. The number of nitrogens with zero attached hydrogens (tertiary/aromatic N) is 2. The first-order chi connectivity index (χ1) is 16.4. The topological polar surface area (TPSA) is 122 Å². The van der Waals surface area contributed by atoms with Gasteiger partial charge in [0, 0.05) is 37.3 Å². The molecule has 5 N–H and O–H groups in total. The number of anilines is 1. The maximum absolute atomic E-state index is 14.5. The lowest BCUT2D eigenvalue weighted by molar-refractivity contribution is 0.533. The van der Waals surface area contributed by atoms with Crippen LogP contribution in [0.1, 0.15) is 23.4 Å². The molecule has 8 nitrogen and oxygen atoms in total. The lowest BCUT2D eigenvalue weighted by atomic mass is 10.1. The normalized spacial score (nSPS) is 11.3. The lowest BCUT2D eigenvalue weighted by Gasteiger charge is -2.08. The van der Waals surface area contributed by atoms with Gasteiger partial charge in [0.2, 0.25) is 5.95 Å². The minimum Gasteiger partial charge on any atom is -0.441 e. The Morgan fingerprint density at radius 2 is 1.97 bits per heavy atom. The van der Waals surface area contributed by atoms with Crippen molar-refractivity contribution in [3.05, 3.63) is 75.5 Å². The van der Waals surface area contributed by atoms with Gasteiger partial charge in [0.1, 0.15) is 17.2 Å². The van der Waals surface area contributed by atoms with Crippen LogP contribution in [0.15, 0.2) is 45.7 Å². The molecule has 2 heterocycles. The van der Waals surface area contributed by atoms with Gasteiger partial charge < -0.3 is 25.8 Å². The Kier molecular flexibility index (Phi) is 7.29. The summed E-state index contributed by atoms with van der Waals surface area (Å²) in [5.74, 6) is -0.0127. The highest BCUT2D eigenvalue weighted by molar-refractivity contribution is 5.73. The third-order valence-electron chi connectivity index (χ3n) is 5.38. The highest BCUT2D eigenvalue weighted by atomic mass is 19.1. The zero-order valence-corrected chi connectivity index (χ0v) is 18.8. The Morgan fingerprint density at radius 3 is 2.74 bits per heavy atom. The van der Waals surface area contributed by atoms with E-state index in [4.69, 9.17) is 10.2 Å². The van der Waals surface area contributed by atoms with E-state index < -0.39 is 11.4 Å². The number of benzene rings is 2. The highest BCUT2D eigenvalue weighted by Gasteiger charge is 2.11. The Balaban J connectivity index is 1.37. The maximum atomic E-state index is 14.5. The molecule has 0 bridgehead atoms. The molecule has 0 atom stereocenters. The van der Waals surface area contributed by atoms with Crippen LogP contribution in [-0.4, -0.2) is 34.6 Å². The summed E-state index contributed by atoms with van der Waals surface area (Å²) in [6, 6.07) is 7.63. The predicted octanol–water partition coefficient (Wildman–Crippen LogP) is 3.26. The first-order valence-electron chi connectivity index (χ1n) is 11.0. The second-order valence-electron chi connectivity index (χ2n) is 7.95. The molecule has 0 fully saturated rings. The maximum Gasteiger partial charge on any atom is 0.282 e. The van der Waals surface area contributed by atoms with E-state index in [9.17, 15) is 13.6 Å². The summed E-state index contributed by atoms with van der Waals surface area (Å²) in [5, 5.41) is 6.13. The third kappa shape index (κ3) is 5.46. The predicted molar refractivity (Wildman–Crippen MR) is 127 cm³/mol. The van der Waals surface area contributed by atoms with Crippen LogP contribution < -0.4 is 21.9 Å². The van der Waals surface area contributed by atoms with Crippen LogP contribution >= 0.6 is 0 Å². The van der Waals surface area contributed by atoms with Gasteiger partial charge in [-0.05, 0) is 49.7 Å². The van der Waals surface area contributed by atoms with Crippen LogP contribution in [0.4, 0.5) is 14.7 Å². The average Bonchev–Trinajstić information content (AvgIpc) is 3.19. The number of fused-ring (bicyclic) bond motifs is 1. The Hall–Kier alpha value is -3.63. The van der Waals surface area contributed by atoms with Gasteiger partial charge in [-0.1, -0.05) is 12.1 Å². The van der Waals surface area contributed by atoms with Crippen LogP contribution in [0, 0.1) is 18.6 Å². The number of H-pyrrole nitrogens is 1. The number of aryl methyl sites for hydroxylation is 1. The number of oxazole rings is 1. The van der Waals surface area contributed by atoms with Crippen molar-refractivity contribution in [1.29, 1.82) is 0 Å². The van der Waals surface area contributed by atoms with Crippen LogP contribution in [0.2, 0.25) is 0 Å². The average molecular weight is 469 g/mol. The minimum absolute atomic E-state index is 0.267. The van der Waals surface area contributed by atoms with Gasteiger partial charge in [-0.15, -0.1) is 0 Å². The molecule has 0 unspecified atom stereocenters. The van der Waals surface area contributed by atoms with Crippen LogP contribution in [0.3, 0.4) is 0 Å². The fourth-order valence-electron chi connectivity index (χ4n) is 3.49. The van der Waals surface area contributed by atoms with Crippen molar-refractivity contribution in [3.63, 3.8) is 0 Å². The number of nitrogens with two attached hydrogens (primary N) is 1. The molecule has 0 saturated heterocycles. The lowest BCUT2D eigenvalue weighted by Crippen LogP contribution is -2.18. The van der Waals surface area contributed by atoms with E-state index >= 15 is 0 Å². The molecule has 4 aromatic rings. The number of hydrogen-bond donors (Lipinski definition) is 4. The number of nitrogens with one attached hydrogen (secondary N) is 3. The van der Waals surface area contributed by atoms with Crippen LogP contribution in [0.25, 0.3) is 22.2 Å². The molecular formula is C24H26F2N6O2. The Labute approximate surface area is 194 Å². The van der Waals surface area contributed by atoms with Crippen molar-refractivity contribution < 1.29 is 13.2 Å². The number of aromatic nitrogens is 3. The van der Waals surface area contributed by atoms with Gasteiger partial charge in [0.05, 0.1) is 5.56 Å². The number of rotatable bonds is 10. The monoisotopic (exact) mass is 468 g/mol. The summed E-state index contributed by atoms with van der Waals surface area (Å²) in [4.78, 5) is 23.7. The molecule has 178 valence electrons. The molecule has 0 amide bonds. The van der Waals surface area contributed by atoms with E-state index in [0.717, 1.165) is 6.42 Å². The smallest absolute Gasteiger partial charge is 0.282 e. The van der Waals surface area contributed by atoms with E-state index in [-0.39, 0.29) is 17.3 Å². The molecule has 0 spiro atoms. The fourth-order valence-corrected chi connectivity index (χ4v) is 3.49. The van der Waals surface area contributed by atoms with Gasteiger partial charge in [-0.3, -0.25) is 4.79 Å². The molecule has 0 aliphatic heterocycles. The summed E-state index contributed by atoms with van der Waals surface area (Å²) in [6.45, 7) is 3.72. The van der Waals surface area contributed by atoms with Gasteiger partial charge >= 0.3 is 0 Å². The van der Waals surface area contributed by atoms with E-state index in [1.807, 2.05) is 0 Å². The molecule has 2 aromatic heterocycles. The SMILES string of the molecule is Cc1cc2oc(CCNc3nc(=O)c(-c4ccc(CNCCCN)c(F)c4)c[nH]3)nc2cc1F. The van der Waals surface area contributed by atoms with E-state index in [1.54, 1.807) is 25.1 Å². The van der Waals surface area contributed by atoms with Crippen LogP contribution in [0.5, 0.6) is 0 Å². The molecule has 4 rings (SSSR count). The molecule has 34 heavy (non-hydrogen) atoms. The van der Waals surface area contributed by atoms with Gasteiger partial charge in [-0.25, -0.2) is 13.8 Å². The largest absolute Gasteiger partial charge is 0.441 e. The van der Waals surface area contributed by atoms with E-state index in [2.05, 4.69) is 25.6 Å². The molecule has 0 saturated carbocycles. The number of halogens is 2.